The van der Waals surface area contributed by atoms with Crippen molar-refractivity contribution in [2.45, 2.75) is 245 Å². The van der Waals surface area contributed by atoms with Crippen molar-refractivity contribution < 1.29 is 19.9 Å². The maximum absolute atomic E-state index is 11.9. The molecule has 0 unspecified atom stereocenters. The number of fused-ring (bicyclic) bond motifs is 12. The molecule has 0 radical (unpaired) electrons. The smallest absolute Gasteiger partial charge is 0.142 e. The molecule has 438 valence electrons. The van der Waals surface area contributed by atoms with E-state index in [0.717, 1.165) is 59.0 Å². The molecule has 12 aliphatic rings. The van der Waals surface area contributed by atoms with Crippen LogP contribution < -0.4 is 11.5 Å². The zero-order chi connectivity index (χ0) is 54.4. The van der Waals surface area contributed by atoms with E-state index >= 15 is 0 Å². The summed E-state index contributed by atoms with van der Waals surface area (Å²) in [5, 5.41) is 22.5. The van der Waals surface area contributed by atoms with Crippen molar-refractivity contribution in [3.63, 3.8) is 0 Å². The Bertz CT molecular complexity index is 1830. The molecule has 6 N–H and O–H groups in total. The lowest BCUT2D eigenvalue weighted by Gasteiger charge is -2.42. The zero-order valence-corrected chi connectivity index (χ0v) is 54.8. The fraction of sp³-hybridized carbons (Fsp3) is 0.954. The van der Waals surface area contributed by atoms with Gasteiger partial charge in [0.05, 0.1) is 11.8 Å². The van der Waals surface area contributed by atoms with Gasteiger partial charge in [0, 0.05) is 46.6 Å². The minimum atomic E-state index is 0. The molecule has 0 aromatic carbocycles. The first-order valence-corrected chi connectivity index (χ1v) is 33.2. The van der Waals surface area contributed by atoms with Crippen molar-refractivity contribution in [2.24, 2.45) is 157 Å². The summed E-state index contributed by atoms with van der Waals surface area (Å²) in [7, 11) is 0. The van der Waals surface area contributed by atoms with Crippen LogP contribution in [0, 0.1) is 140 Å². The van der Waals surface area contributed by atoms with Crippen LogP contribution in [0.2, 0.25) is 0 Å². The van der Waals surface area contributed by atoms with Gasteiger partial charge in [0.15, 0.2) is 0 Å². The van der Waals surface area contributed by atoms with E-state index in [-0.39, 0.29) is 41.7 Å². The number of halogens is 3. The molecular formula is C65H118Cl2IN3O4. The summed E-state index contributed by atoms with van der Waals surface area (Å²) in [4.78, 5) is 25.5. The molecule has 0 aromatic rings. The highest BCUT2D eigenvalue weighted by Gasteiger charge is 2.58. The number of carbonyl (C=O) groups excluding carboxylic acids is 2. The lowest BCUT2D eigenvalue weighted by molar-refractivity contribution is -0.134. The molecule has 12 aliphatic carbocycles. The van der Waals surface area contributed by atoms with Gasteiger partial charge in [0.2, 0.25) is 0 Å². The Labute approximate surface area is 487 Å². The largest absolute Gasteiger partial charge is 0.411 e. The molecule has 10 heteroatoms. The van der Waals surface area contributed by atoms with E-state index in [1.54, 1.807) is 0 Å². The maximum Gasteiger partial charge on any atom is 0.142 e. The van der Waals surface area contributed by atoms with Gasteiger partial charge in [-0.25, -0.2) is 0 Å². The van der Waals surface area contributed by atoms with E-state index in [1.165, 1.54) is 116 Å². The van der Waals surface area contributed by atoms with Crippen LogP contribution in [0.4, 0.5) is 0 Å². The molecule has 0 amide bonds. The summed E-state index contributed by atoms with van der Waals surface area (Å²) in [5.41, 5.74) is 14.8. The highest BCUT2D eigenvalue weighted by atomic mass is 127. The molecule has 7 nitrogen and oxygen atoms in total. The van der Waals surface area contributed by atoms with Gasteiger partial charge in [-0.15, -0.1) is 24.8 Å². The first-order valence-electron chi connectivity index (χ1n) is 31.1. The number of ketones is 2. The average molecular weight is 1200 g/mol. The van der Waals surface area contributed by atoms with Crippen molar-refractivity contribution in [3.05, 3.63) is 0 Å². The van der Waals surface area contributed by atoms with Gasteiger partial charge in [-0.2, -0.15) is 0 Å². The van der Waals surface area contributed by atoms with Crippen molar-refractivity contribution in [1.29, 1.82) is 0 Å². The van der Waals surface area contributed by atoms with Crippen molar-refractivity contribution in [1.82, 2.24) is 0 Å². The van der Waals surface area contributed by atoms with Gasteiger partial charge in [-0.3, -0.25) is 9.59 Å². The molecule has 12 saturated carbocycles. The summed E-state index contributed by atoms with van der Waals surface area (Å²) < 4.78 is 0. The number of alkyl halides is 1. The fourth-order valence-electron chi connectivity index (χ4n) is 19.9. The molecule has 12 rings (SSSR count). The highest BCUT2D eigenvalue weighted by molar-refractivity contribution is 14.1. The molecule has 0 aromatic heterocycles. The van der Waals surface area contributed by atoms with Gasteiger partial charge in [-0.05, 0) is 226 Å². The summed E-state index contributed by atoms with van der Waals surface area (Å²) in [6.07, 6.45) is 23.7. The second kappa shape index (κ2) is 26.9. The van der Waals surface area contributed by atoms with Crippen molar-refractivity contribution >= 4 is 64.7 Å². The van der Waals surface area contributed by atoms with Crippen molar-refractivity contribution in [3.8, 4) is 0 Å². The minimum Gasteiger partial charge on any atom is -0.411 e. The van der Waals surface area contributed by atoms with E-state index in [4.69, 9.17) is 16.7 Å². The third-order valence-corrected chi connectivity index (χ3v) is 25.7. The molecule has 21 atom stereocenters. The topological polar surface area (TPSA) is 139 Å². The number of oxime groups is 1. The van der Waals surface area contributed by atoms with Crippen LogP contribution >= 0.6 is 47.4 Å². The minimum absolute atomic E-state index is 0. The quantitative estimate of drug-likeness (QED) is 0.0904. The Kier molecular flexibility index (Phi) is 24.2. The monoisotopic (exact) mass is 1200 g/mol. The van der Waals surface area contributed by atoms with Crippen LogP contribution in [0.25, 0.3) is 0 Å². The Morgan fingerprint density at radius 1 is 0.480 bits per heavy atom. The third kappa shape index (κ3) is 12.4. The van der Waals surface area contributed by atoms with Crippen LogP contribution in [-0.4, -0.2) is 50.7 Å². The lowest BCUT2D eigenvalue weighted by atomic mass is 9.65. The molecule has 12 fully saturated rings. The Hall–Kier alpha value is 0.000000000000000111. The molecule has 0 saturated heterocycles. The number of hydrogen-bond acceptors (Lipinski definition) is 7. The number of carbonyl (C=O) groups is 2. The van der Waals surface area contributed by atoms with Gasteiger partial charge in [-0.1, -0.05) is 139 Å². The number of aliphatic hydroxyl groups is 1. The van der Waals surface area contributed by atoms with E-state index in [9.17, 15) is 14.7 Å². The second-order valence-corrected chi connectivity index (χ2v) is 29.9. The number of nitrogens with zero attached hydrogens (tertiary/aromatic N) is 1. The first-order chi connectivity index (χ1) is 34.2. The summed E-state index contributed by atoms with van der Waals surface area (Å²) in [6, 6.07) is 0.965. The molecule has 0 spiro atoms. The summed E-state index contributed by atoms with van der Waals surface area (Å²) in [6.45, 7) is 36.3. The summed E-state index contributed by atoms with van der Waals surface area (Å²) >= 11 is 2.15. The third-order valence-electron chi connectivity index (χ3n) is 25.7. The number of aliphatic hydroxyl groups excluding tert-OH is 1. The second-order valence-electron chi connectivity index (χ2n) is 29.9. The van der Waals surface area contributed by atoms with E-state index < -0.39 is 0 Å². The van der Waals surface area contributed by atoms with E-state index in [2.05, 4.69) is 139 Å². The number of hydrogen-bond donors (Lipinski definition) is 4. The molecule has 0 heterocycles. The SMILES string of the molecule is CC(C)[C@@H]1[C@H]2CC[C@H](C2)[C@H]1O.CC(C)[C@@]1(C)[C@H]2CC[C@H](C2)[C@@H]1N.CC(C)[C@@]1(C)[C@H]2CC[C@H](C2)[C@H]1N.CC(C)[C@H]1C(=O)[C@@H]2CC[C@H]1C2.CC(C)[C@]1(C)/C(=N\O)[C@@H]2CC[C@H]1C2.CC(C)[C@]1(C)C(=O)[C@@H]2CC[C@H]1C2.CI.Cl.Cl. The van der Waals surface area contributed by atoms with Crippen LogP contribution in [0.1, 0.15) is 226 Å². The average Bonchev–Trinajstić information content (AvgIpc) is 4.19. The van der Waals surface area contributed by atoms with Gasteiger partial charge >= 0.3 is 0 Å². The standard InChI is InChI=1S/C11H19NO.2C11H21N.C11H18O.C10H18O.C10H16O.CH3I.2ClH/c1-7(2)11(3)9-5-4-8(6-9)10(11)12-13;3*1-7(2)11(3)9-5-4-8(6-9)10(11)12;2*1-6(2)9-7-3-4-8(5-7)10(9)11;1-2;;/h7-9,13H,4-6H2,1-3H3;2*7-10H,4-6,12H2,1-3H3;7-9H,4-6H2,1-3H3;6-11H,3-5H2,1-2H3;6-9H,3-5H2,1-2H3;1H3;2*1H/b12-10-;;;;;;;;/t8-,9+,11+;8-,9+,10+,11+;8-,9+,10-,11+;8-,9+,11+;7-,8+,9+,10+;7-,8+,9+;;;/m111100.../s1. The van der Waals surface area contributed by atoms with Gasteiger partial charge in [0.25, 0.3) is 0 Å². The normalized spacial score (nSPS) is 45.7. The zero-order valence-electron chi connectivity index (χ0n) is 51.0. The first kappa shape index (κ1) is 67.5. The lowest BCUT2D eigenvalue weighted by Crippen LogP contribution is -2.47. The van der Waals surface area contributed by atoms with Crippen LogP contribution in [0.3, 0.4) is 0 Å². The Morgan fingerprint density at radius 3 is 1.17 bits per heavy atom. The maximum atomic E-state index is 11.9. The highest BCUT2D eigenvalue weighted by Crippen LogP contribution is 2.61. The molecule has 12 bridgehead atoms. The Morgan fingerprint density at radius 2 is 0.893 bits per heavy atom. The van der Waals surface area contributed by atoms with Crippen LogP contribution in [0.5, 0.6) is 0 Å². The molecule has 0 aliphatic heterocycles. The van der Waals surface area contributed by atoms with Crippen molar-refractivity contribution in [2.75, 3.05) is 4.93 Å². The molecule has 75 heavy (non-hydrogen) atoms. The predicted molar refractivity (Wildman–Crippen MR) is 329 cm³/mol. The fourth-order valence-corrected chi connectivity index (χ4v) is 19.9. The van der Waals surface area contributed by atoms with E-state index in [1.807, 2.05) is 4.93 Å². The number of nitrogens with two attached hydrogens (primary N) is 2. The number of Topliss-reactive ketones (excluding diaryl/α,β-unsaturated/α-hetero) is 2. The van der Waals surface area contributed by atoms with Gasteiger partial charge in [0.1, 0.15) is 11.6 Å². The predicted octanol–water partition coefficient (Wildman–Crippen LogP) is 16.6. The summed E-state index contributed by atoms with van der Waals surface area (Å²) in [5.74, 6) is 14.9. The molecular weight excluding hydrogens is 1080 g/mol. The van der Waals surface area contributed by atoms with E-state index in [0.29, 0.717) is 99.6 Å². The van der Waals surface area contributed by atoms with Crippen LogP contribution in [0.15, 0.2) is 5.16 Å². The van der Waals surface area contributed by atoms with Gasteiger partial charge < -0.3 is 21.8 Å². The number of rotatable bonds is 6. The van der Waals surface area contributed by atoms with Crippen LogP contribution in [-0.2, 0) is 9.59 Å². The Balaban J connectivity index is 0.000000192.